The first-order valence-electron chi connectivity index (χ1n) is 3.24. The number of pyridine rings is 1. The van der Waals surface area contributed by atoms with E-state index in [-0.39, 0.29) is 11.1 Å². The Morgan fingerprint density at radius 1 is 1.46 bits per heavy atom. The van der Waals surface area contributed by atoms with Gasteiger partial charge in [0, 0.05) is 18.0 Å². The molecule has 0 spiro atoms. The molecule has 2 N–H and O–H groups in total. The Kier molecular flexibility index (Phi) is 3.01. The summed E-state index contributed by atoms with van der Waals surface area (Å²) in [5.41, 5.74) is 5.41. The quantitative estimate of drug-likeness (QED) is 0.762. The highest BCUT2D eigenvalue weighted by Gasteiger charge is 2.27. The van der Waals surface area contributed by atoms with Crippen molar-refractivity contribution in [3.05, 3.63) is 29.6 Å². The van der Waals surface area contributed by atoms with Gasteiger partial charge < -0.3 is 5.73 Å². The monoisotopic (exact) mass is 238 g/mol. The van der Waals surface area contributed by atoms with E-state index < -0.39 is 9.70 Å². The summed E-state index contributed by atoms with van der Waals surface area (Å²) in [6, 6.07) is 1.44. The van der Waals surface area contributed by atoms with Gasteiger partial charge >= 0.3 is 0 Å². The molecule has 0 radical (unpaired) electrons. The van der Waals surface area contributed by atoms with Crippen molar-refractivity contribution in [2.24, 2.45) is 5.73 Å². The lowest BCUT2D eigenvalue weighted by molar-refractivity contribution is 0.0999. The van der Waals surface area contributed by atoms with Gasteiger partial charge in [-0.05, 0) is 6.07 Å². The molecule has 0 aromatic carbocycles. The molecule has 1 aromatic heterocycles. The van der Waals surface area contributed by atoms with E-state index in [9.17, 15) is 4.79 Å². The van der Waals surface area contributed by atoms with Crippen LogP contribution in [0.1, 0.15) is 15.9 Å². The third kappa shape index (κ3) is 2.46. The third-order valence-electron chi connectivity index (χ3n) is 1.39. The number of carbonyl (C=O) groups is 1. The number of hydrogen-bond acceptors (Lipinski definition) is 2. The largest absolute Gasteiger partial charge is 0.366 e. The van der Waals surface area contributed by atoms with Gasteiger partial charge in [-0.15, -0.1) is 0 Å². The predicted octanol–water partition coefficient (Wildman–Crippen LogP) is 2.01. The maximum atomic E-state index is 10.9. The summed E-state index contributed by atoms with van der Waals surface area (Å²) in [5, 5.41) is 0. The molecule has 0 unspecified atom stereocenters. The number of amides is 1. The average molecular weight is 239 g/mol. The first-order valence-corrected chi connectivity index (χ1v) is 4.37. The lowest BCUT2D eigenvalue weighted by Crippen LogP contribution is -2.17. The van der Waals surface area contributed by atoms with Gasteiger partial charge in [-0.3, -0.25) is 9.78 Å². The number of primary amides is 1. The molecule has 70 valence electrons. The molecular formula is C7H5Cl3N2O. The molecule has 0 saturated heterocycles. The highest BCUT2D eigenvalue weighted by atomic mass is 35.6. The van der Waals surface area contributed by atoms with E-state index in [1.165, 1.54) is 18.5 Å². The Morgan fingerprint density at radius 3 is 2.46 bits per heavy atom. The summed E-state index contributed by atoms with van der Waals surface area (Å²) >= 11 is 16.8. The highest BCUT2D eigenvalue weighted by Crippen LogP contribution is 2.39. The van der Waals surface area contributed by atoms with Crippen LogP contribution >= 0.6 is 34.8 Å². The van der Waals surface area contributed by atoms with Gasteiger partial charge in [0.25, 0.3) is 5.91 Å². The summed E-state index contributed by atoms with van der Waals surface area (Å²) in [4.78, 5) is 14.6. The molecule has 0 bridgehead atoms. The molecule has 1 amide bonds. The van der Waals surface area contributed by atoms with Crippen LogP contribution in [0.5, 0.6) is 0 Å². The summed E-state index contributed by atoms with van der Waals surface area (Å²) in [7, 11) is 0. The lowest BCUT2D eigenvalue weighted by atomic mass is 10.1. The van der Waals surface area contributed by atoms with E-state index in [0.29, 0.717) is 0 Å². The number of nitrogens with zero attached hydrogens (tertiary/aromatic N) is 1. The fourth-order valence-corrected chi connectivity index (χ4v) is 1.33. The molecule has 3 nitrogen and oxygen atoms in total. The molecule has 0 fully saturated rings. The highest BCUT2D eigenvalue weighted by molar-refractivity contribution is 6.67. The standard InChI is InChI=1S/C7H5Cl3N2O/c8-7(9,10)5-1-2-12-3-4(5)6(11)13/h1-3H,(H2,11,13). The van der Waals surface area contributed by atoms with Gasteiger partial charge in [0.15, 0.2) is 0 Å². The fraction of sp³-hybridized carbons (Fsp3) is 0.143. The van der Waals surface area contributed by atoms with E-state index in [4.69, 9.17) is 40.5 Å². The second-order valence-corrected chi connectivity index (χ2v) is 4.56. The molecule has 1 aromatic rings. The molecule has 13 heavy (non-hydrogen) atoms. The van der Waals surface area contributed by atoms with Crippen molar-refractivity contribution in [2.45, 2.75) is 3.79 Å². The molecule has 0 aliphatic heterocycles. The molecule has 0 aliphatic carbocycles. The van der Waals surface area contributed by atoms with E-state index >= 15 is 0 Å². The maximum Gasteiger partial charge on any atom is 0.250 e. The van der Waals surface area contributed by atoms with Gasteiger partial charge in [0.1, 0.15) is 0 Å². The first kappa shape index (κ1) is 10.6. The zero-order valence-electron chi connectivity index (χ0n) is 6.30. The zero-order valence-corrected chi connectivity index (χ0v) is 8.57. The average Bonchev–Trinajstić information content (AvgIpc) is 2.03. The SMILES string of the molecule is NC(=O)c1cnccc1C(Cl)(Cl)Cl. The van der Waals surface area contributed by atoms with Crippen molar-refractivity contribution in [1.82, 2.24) is 4.98 Å². The van der Waals surface area contributed by atoms with Crippen LogP contribution in [0, 0.1) is 0 Å². The molecule has 0 saturated carbocycles. The summed E-state index contributed by atoms with van der Waals surface area (Å²) in [6.45, 7) is 0. The minimum Gasteiger partial charge on any atom is -0.366 e. The van der Waals surface area contributed by atoms with Gasteiger partial charge in [0.2, 0.25) is 3.79 Å². The molecule has 1 rings (SSSR count). The fourth-order valence-electron chi connectivity index (χ4n) is 0.838. The Morgan fingerprint density at radius 2 is 2.08 bits per heavy atom. The number of aromatic nitrogens is 1. The normalized spacial score (nSPS) is 11.3. The molecule has 6 heteroatoms. The van der Waals surface area contributed by atoms with Crippen molar-refractivity contribution in [3.63, 3.8) is 0 Å². The van der Waals surface area contributed by atoms with Crippen molar-refractivity contribution in [3.8, 4) is 0 Å². The minimum absolute atomic E-state index is 0.113. The van der Waals surface area contributed by atoms with Crippen LogP contribution in [-0.2, 0) is 3.79 Å². The Balaban J connectivity index is 3.28. The van der Waals surface area contributed by atoms with E-state index in [0.717, 1.165) is 0 Å². The van der Waals surface area contributed by atoms with E-state index in [1.807, 2.05) is 0 Å². The number of alkyl halides is 3. The smallest absolute Gasteiger partial charge is 0.250 e. The number of carbonyl (C=O) groups excluding carboxylic acids is 1. The second kappa shape index (κ2) is 3.70. The van der Waals surface area contributed by atoms with Crippen LogP contribution < -0.4 is 5.73 Å². The topological polar surface area (TPSA) is 56.0 Å². The molecule has 0 atom stereocenters. The van der Waals surface area contributed by atoms with Crippen LogP contribution in [0.2, 0.25) is 0 Å². The van der Waals surface area contributed by atoms with Crippen LogP contribution in [-0.4, -0.2) is 10.9 Å². The van der Waals surface area contributed by atoms with Gasteiger partial charge in [0.05, 0.1) is 5.56 Å². The van der Waals surface area contributed by atoms with Crippen molar-refractivity contribution in [1.29, 1.82) is 0 Å². The van der Waals surface area contributed by atoms with Crippen molar-refractivity contribution < 1.29 is 4.79 Å². The maximum absolute atomic E-state index is 10.9. The van der Waals surface area contributed by atoms with Crippen LogP contribution in [0.4, 0.5) is 0 Å². The summed E-state index contributed by atoms with van der Waals surface area (Å²) < 4.78 is -1.66. The number of halogens is 3. The summed E-state index contributed by atoms with van der Waals surface area (Å²) in [5.74, 6) is -0.672. The van der Waals surface area contributed by atoms with Gasteiger partial charge in [-0.1, -0.05) is 34.8 Å². The van der Waals surface area contributed by atoms with Crippen LogP contribution in [0.3, 0.4) is 0 Å². The van der Waals surface area contributed by atoms with E-state index in [1.54, 1.807) is 0 Å². The van der Waals surface area contributed by atoms with E-state index in [2.05, 4.69) is 4.98 Å². The predicted molar refractivity (Wildman–Crippen MR) is 52.0 cm³/mol. The lowest BCUT2D eigenvalue weighted by Gasteiger charge is -2.13. The Labute approximate surface area is 89.8 Å². The number of hydrogen-bond donors (Lipinski definition) is 1. The van der Waals surface area contributed by atoms with Crippen molar-refractivity contribution in [2.75, 3.05) is 0 Å². The van der Waals surface area contributed by atoms with Gasteiger partial charge in [-0.25, -0.2) is 0 Å². The number of nitrogens with two attached hydrogens (primary N) is 1. The van der Waals surface area contributed by atoms with Gasteiger partial charge in [-0.2, -0.15) is 0 Å². The minimum atomic E-state index is -1.66. The van der Waals surface area contributed by atoms with Crippen LogP contribution in [0.25, 0.3) is 0 Å². The zero-order chi connectivity index (χ0) is 10.1. The Bertz CT molecular complexity index is 335. The number of rotatable bonds is 1. The van der Waals surface area contributed by atoms with Crippen LogP contribution in [0.15, 0.2) is 18.5 Å². The Hall–Kier alpha value is -0.510. The molecule has 1 heterocycles. The third-order valence-corrected chi connectivity index (χ3v) is 2.00. The first-order chi connectivity index (χ1) is 5.93. The van der Waals surface area contributed by atoms with Crippen molar-refractivity contribution >= 4 is 40.7 Å². The molecule has 0 aliphatic rings. The second-order valence-electron chi connectivity index (χ2n) is 2.28. The molecular weight excluding hydrogens is 234 g/mol. The summed E-state index contributed by atoms with van der Waals surface area (Å²) in [6.07, 6.45) is 2.68.